The summed E-state index contributed by atoms with van der Waals surface area (Å²) in [4.78, 5) is 12.3. The molecule has 0 heterocycles. The van der Waals surface area contributed by atoms with Crippen LogP contribution in [0.3, 0.4) is 0 Å². The number of rotatable bonds is 3. The average Bonchev–Trinajstić information content (AvgIpc) is 2.64. The first kappa shape index (κ1) is 18.6. The minimum absolute atomic E-state index is 0.101. The molecule has 3 rings (SSSR count). The van der Waals surface area contributed by atoms with E-state index in [0.29, 0.717) is 29.4 Å². The number of carbonyl (C=O) groups is 1. The van der Waals surface area contributed by atoms with Gasteiger partial charge in [-0.05, 0) is 46.8 Å². The van der Waals surface area contributed by atoms with Crippen LogP contribution in [0.5, 0.6) is 0 Å². The van der Waals surface area contributed by atoms with E-state index in [4.69, 9.17) is 12.2 Å². The van der Waals surface area contributed by atoms with Crippen LogP contribution >= 0.6 is 12.2 Å². The number of fused-ring (bicyclic) bond motifs is 1. The highest BCUT2D eigenvalue weighted by Gasteiger charge is 2.27. The molecule has 0 bridgehead atoms. The predicted molar refractivity (Wildman–Crippen MR) is 111 cm³/mol. The fourth-order valence-electron chi connectivity index (χ4n) is 3.78. The molecule has 138 valence electrons. The summed E-state index contributed by atoms with van der Waals surface area (Å²) in [5.41, 5.74) is 6.58. The Bertz CT molecular complexity index is 786. The van der Waals surface area contributed by atoms with Gasteiger partial charge in [-0.25, -0.2) is 0 Å². The van der Waals surface area contributed by atoms with Crippen molar-refractivity contribution in [1.29, 1.82) is 0 Å². The van der Waals surface area contributed by atoms with Gasteiger partial charge in [0.25, 0.3) is 0 Å². The van der Waals surface area contributed by atoms with Crippen molar-refractivity contribution in [3.05, 3.63) is 48.0 Å². The van der Waals surface area contributed by atoms with Crippen LogP contribution in [0.15, 0.2) is 42.5 Å². The van der Waals surface area contributed by atoms with Gasteiger partial charge < -0.3 is 5.32 Å². The summed E-state index contributed by atoms with van der Waals surface area (Å²) in [6, 6.07) is 14.5. The number of benzene rings is 2. The zero-order chi connectivity index (χ0) is 18.5. The maximum Gasteiger partial charge on any atom is 0.242 e. The first-order chi connectivity index (χ1) is 12.5. The molecule has 0 radical (unpaired) electrons. The molecule has 0 spiro atoms. The number of hydrogen-bond donors (Lipinski definition) is 3. The summed E-state index contributed by atoms with van der Waals surface area (Å²) < 4.78 is 0. The van der Waals surface area contributed by atoms with Gasteiger partial charge in [0.05, 0.1) is 6.42 Å². The average molecular weight is 370 g/mol. The second-order valence-electron chi connectivity index (χ2n) is 7.34. The highest BCUT2D eigenvalue weighted by atomic mass is 32.1. The molecule has 3 atom stereocenters. The van der Waals surface area contributed by atoms with E-state index >= 15 is 0 Å². The van der Waals surface area contributed by atoms with Gasteiger partial charge in [-0.3, -0.25) is 15.6 Å². The van der Waals surface area contributed by atoms with Crippen LogP contribution in [-0.2, 0) is 11.2 Å². The summed E-state index contributed by atoms with van der Waals surface area (Å²) in [7, 11) is 0. The maximum absolute atomic E-state index is 12.3. The minimum Gasteiger partial charge on any atom is -0.358 e. The second kappa shape index (κ2) is 8.49. The second-order valence-corrected chi connectivity index (χ2v) is 7.74. The van der Waals surface area contributed by atoms with E-state index < -0.39 is 0 Å². The molecular weight excluding hydrogens is 342 g/mol. The van der Waals surface area contributed by atoms with Gasteiger partial charge in [-0.15, -0.1) is 0 Å². The summed E-state index contributed by atoms with van der Waals surface area (Å²) in [6.45, 7) is 4.56. The number of hydrazine groups is 1. The predicted octanol–water partition coefficient (Wildman–Crippen LogP) is 3.70. The molecule has 26 heavy (non-hydrogen) atoms. The third-order valence-corrected chi connectivity index (χ3v) is 5.79. The van der Waals surface area contributed by atoms with Gasteiger partial charge in [-0.1, -0.05) is 69.2 Å². The molecule has 0 unspecified atom stereocenters. The minimum atomic E-state index is -0.101. The van der Waals surface area contributed by atoms with E-state index in [1.54, 1.807) is 0 Å². The molecule has 0 aromatic heterocycles. The van der Waals surface area contributed by atoms with Crippen molar-refractivity contribution >= 4 is 34.0 Å². The van der Waals surface area contributed by atoms with E-state index in [9.17, 15) is 4.79 Å². The Morgan fingerprint density at radius 2 is 1.85 bits per heavy atom. The third kappa shape index (κ3) is 4.52. The topological polar surface area (TPSA) is 53.2 Å². The highest BCUT2D eigenvalue weighted by Crippen LogP contribution is 2.29. The zero-order valence-corrected chi connectivity index (χ0v) is 16.2. The van der Waals surface area contributed by atoms with Crippen molar-refractivity contribution in [2.24, 2.45) is 11.8 Å². The number of amides is 1. The van der Waals surface area contributed by atoms with E-state index in [1.165, 1.54) is 12.8 Å². The van der Waals surface area contributed by atoms with Gasteiger partial charge in [0.1, 0.15) is 0 Å². The number of thiocarbonyl (C=S) groups is 1. The Kier molecular flexibility index (Phi) is 6.09. The van der Waals surface area contributed by atoms with Crippen molar-refractivity contribution in [2.75, 3.05) is 0 Å². The largest absolute Gasteiger partial charge is 0.358 e. The van der Waals surface area contributed by atoms with Crippen molar-refractivity contribution in [1.82, 2.24) is 16.2 Å². The Morgan fingerprint density at radius 3 is 2.69 bits per heavy atom. The fourth-order valence-corrected chi connectivity index (χ4v) is 3.98. The molecule has 4 nitrogen and oxygen atoms in total. The van der Waals surface area contributed by atoms with Crippen LogP contribution < -0.4 is 16.2 Å². The number of hydrogen-bond acceptors (Lipinski definition) is 2. The van der Waals surface area contributed by atoms with Gasteiger partial charge in [0.15, 0.2) is 5.11 Å². The zero-order valence-electron chi connectivity index (χ0n) is 15.4. The lowest BCUT2D eigenvalue weighted by Gasteiger charge is -2.35. The van der Waals surface area contributed by atoms with Crippen LogP contribution in [0.1, 0.15) is 38.7 Å². The normalized spacial score (nSPS) is 22.6. The van der Waals surface area contributed by atoms with E-state index in [0.717, 1.165) is 22.8 Å². The lowest BCUT2D eigenvalue weighted by atomic mass is 9.78. The summed E-state index contributed by atoms with van der Waals surface area (Å²) in [5.74, 6) is 1.18. The molecule has 2 aromatic rings. The summed E-state index contributed by atoms with van der Waals surface area (Å²) in [5, 5.41) is 6.09. The molecule has 0 aliphatic heterocycles. The molecule has 1 aliphatic carbocycles. The maximum atomic E-state index is 12.3. The van der Waals surface area contributed by atoms with Gasteiger partial charge in [0, 0.05) is 6.04 Å². The molecule has 1 fully saturated rings. The molecular formula is C21H27N3OS. The Labute approximate surface area is 160 Å². The Morgan fingerprint density at radius 1 is 1.08 bits per heavy atom. The van der Waals surface area contributed by atoms with E-state index in [-0.39, 0.29) is 5.91 Å². The van der Waals surface area contributed by atoms with Crippen molar-refractivity contribution in [3.63, 3.8) is 0 Å². The van der Waals surface area contributed by atoms with Gasteiger partial charge >= 0.3 is 0 Å². The Balaban J connectivity index is 1.51. The van der Waals surface area contributed by atoms with Crippen LogP contribution in [0.4, 0.5) is 0 Å². The molecule has 2 aromatic carbocycles. The van der Waals surface area contributed by atoms with Crippen LogP contribution in [-0.4, -0.2) is 17.1 Å². The first-order valence-corrected chi connectivity index (χ1v) is 9.77. The monoisotopic (exact) mass is 369 g/mol. The lowest BCUT2D eigenvalue weighted by molar-refractivity contribution is -0.121. The van der Waals surface area contributed by atoms with Crippen molar-refractivity contribution in [2.45, 2.75) is 45.6 Å². The first-order valence-electron chi connectivity index (χ1n) is 9.36. The van der Waals surface area contributed by atoms with Crippen LogP contribution in [0.2, 0.25) is 0 Å². The quantitative estimate of drug-likeness (QED) is 0.570. The van der Waals surface area contributed by atoms with E-state index in [1.807, 2.05) is 30.3 Å². The smallest absolute Gasteiger partial charge is 0.242 e. The Hall–Kier alpha value is -2.14. The molecule has 1 amide bonds. The van der Waals surface area contributed by atoms with Crippen molar-refractivity contribution < 1.29 is 4.79 Å². The fraction of sp³-hybridized carbons (Fsp3) is 0.429. The lowest BCUT2D eigenvalue weighted by Crippen LogP contribution is -2.52. The number of nitrogens with one attached hydrogen (secondary N) is 3. The van der Waals surface area contributed by atoms with Gasteiger partial charge in [0.2, 0.25) is 5.91 Å². The number of carbonyl (C=O) groups excluding carboxylic acids is 1. The van der Waals surface area contributed by atoms with Crippen molar-refractivity contribution in [3.8, 4) is 0 Å². The summed E-state index contributed by atoms with van der Waals surface area (Å²) in [6.07, 6.45) is 3.94. The summed E-state index contributed by atoms with van der Waals surface area (Å²) >= 11 is 5.35. The third-order valence-electron chi connectivity index (χ3n) is 5.57. The molecule has 1 aliphatic rings. The molecule has 3 N–H and O–H groups in total. The van der Waals surface area contributed by atoms with Crippen LogP contribution in [0.25, 0.3) is 10.8 Å². The molecule has 5 heteroatoms. The van der Waals surface area contributed by atoms with Crippen LogP contribution in [0, 0.1) is 11.8 Å². The SMILES string of the molecule is C[C@@H]1[C@@H](C)CCC[C@H]1NC(=S)NNC(=O)Cc1cccc2ccccc12. The molecule has 1 saturated carbocycles. The standard InChI is InChI=1S/C21H27N3OS/c1-14-7-5-12-19(15(14)2)22-21(26)24-23-20(25)13-17-10-6-9-16-8-3-4-11-18(16)17/h3-4,6,8-11,14-15,19H,5,7,12-13H2,1-2H3,(H,23,25)(H2,22,24,26)/t14-,15+,19+/m0/s1. The van der Waals surface area contributed by atoms with Gasteiger partial charge in [-0.2, -0.15) is 0 Å². The highest BCUT2D eigenvalue weighted by molar-refractivity contribution is 7.80. The molecule has 0 saturated heterocycles. The van der Waals surface area contributed by atoms with E-state index in [2.05, 4.69) is 42.1 Å².